The molecule has 122 valence electrons. The highest BCUT2D eigenvalue weighted by atomic mass is 31.2. The van der Waals surface area contributed by atoms with Crippen molar-refractivity contribution in [2.75, 3.05) is 13.3 Å². The lowest BCUT2D eigenvalue weighted by Crippen LogP contribution is -2.38. The summed E-state index contributed by atoms with van der Waals surface area (Å²) in [6, 6.07) is 11.6. The molecule has 1 aromatic heterocycles. The van der Waals surface area contributed by atoms with Crippen LogP contribution in [0.4, 0.5) is 0 Å². The summed E-state index contributed by atoms with van der Waals surface area (Å²) >= 11 is 0. The first-order valence-electron chi connectivity index (χ1n) is 6.88. The minimum absolute atomic E-state index is 0.300. The lowest BCUT2D eigenvalue weighted by Gasteiger charge is -2.24. The van der Waals surface area contributed by atoms with Crippen molar-refractivity contribution in [2.45, 2.75) is 5.78 Å². The molecule has 0 bridgehead atoms. The smallest absolute Gasteiger partial charge is 0.278 e. The van der Waals surface area contributed by atoms with Crippen LogP contribution in [-0.4, -0.2) is 39.4 Å². The summed E-state index contributed by atoms with van der Waals surface area (Å²) in [7, 11) is -3.56. The summed E-state index contributed by atoms with van der Waals surface area (Å²) < 4.78 is 12.0. The van der Waals surface area contributed by atoms with Gasteiger partial charge in [-0.3, -0.25) is 24.9 Å². The molecule has 1 aromatic carbocycles. The van der Waals surface area contributed by atoms with E-state index in [0.29, 0.717) is 16.2 Å². The van der Waals surface area contributed by atoms with Crippen LogP contribution >= 0.6 is 7.37 Å². The van der Waals surface area contributed by atoms with E-state index in [-0.39, 0.29) is 6.67 Å². The Hall–Kier alpha value is -2.05. The molecule has 0 radical (unpaired) electrons. The van der Waals surface area contributed by atoms with E-state index >= 15 is 0 Å². The third kappa shape index (κ3) is 4.71. The van der Waals surface area contributed by atoms with Gasteiger partial charge in [-0.2, -0.15) is 0 Å². The molecule has 0 saturated carbocycles. The Bertz CT molecular complexity index is 690. The van der Waals surface area contributed by atoms with Gasteiger partial charge in [0.05, 0.1) is 6.67 Å². The Morgan fingerprint density at radius 2 is 2.00 bits per heavy atom. The first-order valence-corrected chi connectivity index (χ1v) is 9.06. The number of rotatable bonds is 6. The topological polar surface area (TPSA) is 103 Å². The molecule has 0 fully saturated rings. The van der Waals surface area contributed by atoms with Crippen LogP contribution in [0.2, 0.25) is 0 Å². The quantitative estimate of drug-likeness (QED) is 0.323. The van der Waals surface area contributed by atoms with Crippen molar-refractivity contribution in [3.05, 3.63) is 66.0 Å². The van der Waals surface area contributed by atoms with Gasteiger partial charge in [0.1, 0.15) is 5.78 Å². The van der Waals surface area contributed by atoms with Gasteiger partial charge in [-0.25, -0.2) is 5.06 Å². The SMILES string of the molecule is CP(=O)(O)C(NCN(O)C(=O)c1ccccc1)c1cccnc1. The summed E-state index contributed by atoms with van der Waals surface area (Å²) in [6.45, 7) is 0.907. The van der Waals surface area contributed by atoms with Crippen LogP contribution in [-0.2, 0) is 4.57 Å². The van der Waals surface area contributed by atoms with Crippen LogP contribution in [0.15, 0.2) is 54.9 Å². The first kappa shape index (κ1) is 17.3. The number of nitrogens with zero attached hydrogens (tertiary/aromatic N) is 2. The summed E-state index contributed by atoms with van der Waals surface area (Å²) in [5, 5.41) is 13.1. The average molecular weight is 335 g/mol. The highest BCUT2D eigenvalue weighted by molar-refractivity contribution is 7.57. The van der Waals surface area contributed by atoms with E-state index in [0.717, 1.165) is 0 Å². The van der Waals surface area contributed by atoms with E-state index in [1.807, 2.05) is 0 Å². The number of amides is 1. The molecule has 0 aliphatic heterocycles. The fourth-order valence-electron chi connectivity index (χ4n) is 2.08. The normalized spacial score (nSPS) is 14.7. The predicted octanol–water partition coefficient (Wildman–Crippen LogP) is 2.06. The third-order valence-electron chi connectivity index (χ3n) is 3.17. The highest BCUT2D eigenvalue weighted by Gasteiger charge is 2.28. The lowest BCUT2D eigenvalue weighted by atomic mass is 10.2. The Morgan fingerprint density at radius 1 is 1.30 bits per heavy atom. The summed E-state index contributed by atoms with van der Waals surface area (Å²) in [6.07, 6.45) is 3.01. The van der Waals surface area contributed by atoms with Gasteiger partial charge < -0.3 is 4.89 Å². The average Bonchev–Trinajstić information content (AvgIpc) is 2.54. The Kier molecular flexibility index (Phi) is 5.63. The molecule has 2 unspecified atom stereocenters. The second kappa shape index (κ2) is 7.48. The molecule has 8 heteroatoms. The molecule has 2 aromatic rings. The second-order valence-corrected chi connectivity index (χ2v) is 7.47. The molecule has 0 aliphatic carbocycles. The van der Waals surface area contributed by atoms with Crippen molar-refractivity contribution in [1.82, 2.24) is 15.4 Å². The van der Waals surface area contributed by atoms with Gasteiger partial charge in [0.15, 0.2) is 0 Å². The second-order valence-electron chi connectivity index (χ2n) is 5.07. The van der Waals surface area contributed by atoms with Gasteiger partial charge in [0.2, 0.25) is 7.37 Å². The van der Waals surface area contributed by atoms with Crippen LogP contribution < -0.4 is 5.32 Å². The van der Waals surface area contributed by atoms with Crippen LogP contribution in [0.3, 0.4) is 0 Å². The molecular formula is C15H18N3O4P. The largest absolute Gasteiger partial charge is 0.343 e. The number of benzene rings is 1. The fraction of sp³-hybridized carbons (Fsp3) is 0.200. The monoisotopic (exact) mass is 335 g/mol. The van der Waals surface area contributed by atoms with Crippen molar-refractivity contribution < 1.29 is 19.5 Å². The van der Waals surface area contributed by atoms with Crippen LogP contribution in [0.1, 0.15) is 21.7 Å². The number of hydroxylamine groups is 2. The van der Waals surface area contributed by atoms with Crippen LogP contribution in [0.5, 0.6) is 0 Å². The van der Waals surface area contributed by atoms with Crippen LogP contribution in [0.25, 0.3) is 0 Å². The number of pyridine rings is 1. The zero-order chi connectivity index (χ0) is 16.9. The minimum atomic E-state index is -3.56. The summed E-state index contributed by atoms with van der Waals surface area (Å²) in [5.74, 6) is -1.54. The Morgan fingerprint density at radius 3 is 2.57 bits per heavy atom. The molecule has 0 aliphatic rings. The molecule has 23 heavy (non-hydrogen) atoms. The van der Waals surface area contributed by atoms with E-state index in [1.54, 1.807) is 48.7 Å². The lowest BCUT2D eigenvalue weighted by molar-refractivity contribution is -0.0638. The van der Waals surface area contributed by atoms with Crippen molar-refractivity contribution in [2.24, 2.45) is 0 Å². The van der Waals surface area contributed by atoms with Gasteiger partial charge in [-0.05, 0) is 23.8 Å². The highest BCUT2D eigenvalue weighted by Crippen LogP contribution is 2.50. The zero-order valence-electron chi connectivity index (χ0n) is 12.5. The Balaban J connectivity index is 2.07. The molecule has 3 N–H and O–H groups in total. The van der Waals surface area contributed by atoms with Gasteiger partial charge in [-0.1, -0.05) is 24.3 Å². The van der Waals surface area contributed by atoms with Crippen molar-refractivity contribution in [3.63, 3.8) is 0 Å². The van der Waals surface area contributed by atoms with Crippen molar-refractivity contribution >= 4 is 13.3 Å². The molecule has 2 atom stereocenters. The first-order chi connectivity index (χ1) is 10.9. The van der Waals surface area contributed by atoms with Crippen molar-refractivity contribution in [3.8, 4) is 0 Å². The maximum atomic E-state index is 12.0. The molecule has 2 rings (SSSR count). The third-order valence-corrected chi connectivity index (χ3v) is 4.61. The zero-order valence-corrected chi connectivity index (χ0v) is 13.4. The van der Waals surface area contributed by atoms with E-state index in [9.17, 15) is 19.5 Å². The number of carbonyl (C=O) groups excluding carboxylic acids is 1. The standard InChI is InChI=1S/C15H18N3O4P/c1-23(21,22)14(13-8-5-9-16-10-13)17-11-18(20)15(19)12-6-3-2-4-7-12/h2-10,14,17,20H,11H2,1H3,(H,21,22). The van der Waals surface area contributed by atoms with Gasteiger partial charge >= 0.3 is 0 Å². The summed E-state index contributed by atoms with van der Waals surface area (Å²) in [5.41, 5.74) is 0.819. The molecule has 0 spiro atoms. The predicted molar refractivity (Wildman–Crippen MR) is 85.1 cm³/mol. The summed E-state index contributed by atoms with van der Waals surface area (Å²) in [4.78, 5) is 25.8. The molecule has 7 nitrogen and oxygen atoms in total. The number of hydrogen-bond acceptors (Lipinski definition) is 5. The fourth-order valence-corrected chi connectivity index (χ4v) is 3.20. The van der Waals surface area contributed by atoms with E-state index in [1.165, 1.54) is 12.9 Å². The number of nitrogens with one attached hydrogen (secondary N) is 1. The molecule has 1 amide bonds. The van der Waals surface area contributed by atoms with Crippen LogP contribution in [0, 0.1) is 0 Å². The van der Waals surface area contributed by atoms with Crippen molar-refractivity contribution in [1.29, 1.82) is 0 Å². The maximum absolute atomic E-state index is 12.0. The molecule has 1 heterocycles. The molecular weight excluding hydrogens is 317 g/mol. The number of carbonyl (C=O) groups is 1. The maximum Gasteiger partial charge on any atom is 0.278 e. The number of aromatic nitrogens is 1. The Labute approximate surface area is 134 Å². The van der Waals surface area contributed by atoms with E-state index in [2.05, 4.69) is 10.3 Å². The van der Waals surface area contributed by atoms with Gasteiger partial charge in [-0.15, -0.1) is 0 Å². The number of hydrogen-bond donors (Lipinski definition) is 3. The van der Waals surface area contributed by atoms with E-state index in [4.69, 9.17) is 0 Å². The van der Waals surface area contributed by atoms with Gasteiger partial charge in [0.25, 0.3) is 5.91 Å². The molecule has 0 saturated heterocycles. The minimum Gasteiger partial charge on any atom is -0.343 e. The van der Waals surface area contributed by atoms with Gasteiger partial charge in [0, 0.05) is 24.6 Å². The van der Waals surface area contributed by atoms with E-state index < -0.39 is 19.1 Å².